The summed E-state index contributed by atoms with van der Waals surface area (Å²) in [6.07, 6.45) is 3.60. The zero-order valence-electron chi connectivity index (χ0n) is 13.1. The number of carbonyl (C=O) groups is 1. The smallest absolute Gasteiger partial charge is 0.311 e. The minimum atomic E-state index is -2.87. The molecule has 8 heteroatoms. The molecule has 0 amide bonds. The molecule has 0 bridgehead atoms. The molecule has 23 heavy (non-hydrogen) atoms. The summed E-state index contributed by atoms with van der Waals surface area (Å²) in [7, 11) is 0. The number of alkyl halides is 2. The predicted octanol–water partition coefficient (Wildman–Crippen LogP) is 3.12. The van der Waals surface area contributed by atoms with Gasteiger partial charge in [-0.05, 0) is 19.8 Å². The molecule has 0 aromatic carbocycles. The van der Waals surface area contributed by atoms with Crippen LogP contribution < -0.4 is 4.90 Å². The van der Waals surface area contributed by atoms with Gasteiger partial charge in [-0.25, -0.2) is 13.8 Å². The number of hydrogen-bond acceptors (Lipinski definition) is 6. The van der Waals surface area contributed by atoms with E-state index in [-0.39, 0.29) is 26.1 Å². The molecule has 5 nitrogen and oxygen atoms in total. The lowest BCUT2D eigenvalue weighted by atomic mass is 9.69. The molecule has 1 saturated carbocycles. The van der Waals surface area contributed by atoms with Gasteiger partial charge in [0.1, 0.15) is 6.33 Å². The number of aromatic nitrogens is 2. The number of rotatable bonds is 3. The van der Waals surface area contributed by atoms with Gasteiger partial charge in [-0.2, -0.15) is 4.37 Å². The molecule has 128 valence electrons. The van der Waals surface area contributed by atoms with E-state index in [0.717, 1.165) is 12.8 Å². The largest absolute Gasteiger partial charge is 0.466 e. The van der Waals surface area contributed by atoms with Crippen LogP contribution in [-0.4, -0.2) is 40.9 Å². The lowest BCUT2D eigenvalue weighted by Gasteiger charge is -2.39. The Labute approximate surface area is 138 Å². The highest BCUT2D eigenvalue weighted by Crippen LogP contribution is 2.56. The highest BCUT2D eigenvalue weighted by atomic mass is 32.1. The molecule has 2 atom stereocenters. The monoisotopic (exact) mass is 345 g/mol. The van der Waals surface area contributed by atoms with E-state index in [4.69, 9.17) is 4.74 Å². The number of anilines is 1. The normalized spacial score (nSPS) is 30.4. The van der Waals surface area contributed by atoms with E-state index in [1.807, 2.05) is 0 Å². The minimum absolute atomic E-state index is 0.138. The molecular formula is C15H21F2N3O2S. The van der Waals surface area contributed by atoms with Crippen LogP contribution in [0.4, 0.5) is 13.9 Å². The summed E-state index contributed by atoms with van der Waals surface area (Å²) in [5.74, 6) is -4.21. The first kappa shape index (κ1) is 16.5. The van der Waals surface area contributed by atoms with E-state index in [0.29, 0.717) is 18.0 Å². The van der Waals surface area contributed by atoms with Gasteiger partial charge in [-0.15, -0.1) is 0 Å². The fourth-order valence-electron chi connectivity index (χ4n) is 3.93. The third-order valence-corrected chi connectivity index (χ3v) is 5.80. The van der Waals surface area contributed by atoms with E-state index < -0.39 is 23.2 Å². The maximum Gasteiger partial charge on any atom is 0.311 e. The third kappa shape index (κ3) is 2.81. The van der Waals surface area contributed by atoms with E-state index >= 15 is 8.78 Å². The number of esters is 1. The van der Waals surface area contributed by atoms with Crippen molar-refractivity contribution < 1.29 is 18.3 Å². The topological polar surface area (TPSA) is 55.3 Å². The van der Waals surface area contributed by atoms with Crippen molar-refractivity contribution in [2.45, 2.75) is 45.0 Å². The number of halogens is 2. The molecule has 1 aromatic rings. The highest BCUT2D eigenvalue weighted by Gasteiger charge is 2.64. The van der Waals surface area contributed by atoms with Gasteiger partial charge in [-0.3, -0.25) is 4.79 Å². The van der Waals surface area contributed by atoms with E-state index in [1.165, 1.54) is 17.9 Å². The first-order valence-corrected chi connectivity index (χ1v) is 8.83. The van der Waals surface area contributed by atoms with Crippen molar-refractivity contribution in [3.05, 3.63) is 6.33 Å². The van der Waals surface area contributed by atoms with Gasteiger partial charge in [0.2, 0.25) is 5.13 Å². The Bertz CT molecular complexity index is 555. The molecule has 0 radical (unpaired) electrons. The van der Waals surface area contributed by atoms with Gasteiger partial charge in [0.25, 0.3) is 5.92 Å². The fourth-order valence-corrected chi connectivity index (χ4v) is 4.46. The van der Waals surface area contributed by atoms with Crippen molar-refractivity contribution in [1.82, 2.24) is 9.36 Å². The lowest BCUT2D eigenvalue weighted by Crippen LogP contribution is -2.49. The second-order valence-electron chi connectivity index (χ2n) is 6.33. The third-order valence-electron chi connectivity index (χ3n) is 5.08. The molecule has 0 N–H and O–H groups in total. The van der Waals surface area contributed by atoms with Crippen molar-refractivity contribution in [2.24, 2.45) is 11.3 Å². The Hall–Kier alpha value is -1.31. The quantitative estimate of drug-likeness (QED) is 0.788. The first-order valence-electron chi connectivity index (χ1n) is 8.06. The van der Waals surface area contributed by atoms with Gasteiger partial charge >= 0.3 is 5.97 Å². The Morgan fingerprint density at radius 2 is 2.22 bits per heavy atom. The van der Waals surface area contributed by atoms with Crippen molar-refractivity contribution in [3.8, 4) is 0 Å². The summed E-state index contributed by atoms with van der Waals surface area (Å²) < 4.78 is 39.1. The zero-order valence-corrected chi connectivity index (χ0v) is 14.0. The molecule has 1 aromatic heterocycles. The van der Waals surface area contributed by atoms with E-state index in [1.54, 1.807) is 11.8 Å². The molecule has 1 aliphatic heterocycles. The molecule has 2 unspecified atom stereocenters. The second-order valence-corrected chi connectivity index (χ2v) is 7.09. The van der Waals surface area contributed by atoms with Crippen LogP contribution >= 0.6 is 11.5 Å². The molecule has 1 saturated heterocycles. The average molecular weight is 345 g/mol. The SMILES string of the molecule is CCOC(=O)C1CN(c2ncns2)CC12CCCCCC2(F)F. The Kier molecular flexibility index (Phi) is 4.53. The summed E-state index contributed by atoms with van der Waals surface area (Å²) in [4.78, 5) is 18.3. The van der Waals surface area contributed by atoms with Crippen LogP contribution in [0.15, 0.2) is 6.33 Å². The molecular weight excluding hydrogens is 324 g/mol. The Balaban J connectivity index is 1.97. The highest BCUT2D eigenvalue weighted by molar-refractivity contribution is 7.09. The van der Waals surface area contributed by atoms with Crippen LogP contribution in [-0.2, 0) is 9.53 Å². The van der Waals surface area contributed by atoms with Gasteiger partial charge in [0.15, 0.2) is 0 Å². The maximum atomic E-state index is 15.0. The minimum Gasteiger partial charge on any atom is -0.466 e. The van der Waals surface area contributed by atoms with Crippen LogP contribution in [0.1, 0.15) is 39.0 Å². The number of ether oxygens (including phenoxy) is 1. The van der Waals surface area contributed by atoms with E-state index in [9.17, 15) is 4.79 Å². The Morgan fingerprint density at radius 3 is 2.91 bits per heavy atom. The van der Waals surface area contributed by atoms with Crippen molar-refractivity contribution >= 4 is 22.6 Å². The molecule has 2 fully saturated rings. The number of nitrogens with zero attached hydrogens (tertiary/aromatic N) is 3. The summed E-state index contributed by atoms with van der Waals surface area (Å²) in [6, 6.07) is 0. The van der Waals surface area contributed by atoms with Crippen molar-refractivity contribution in [1.29, 1.82) is 0 Å². The first-order chi connectivity index (χ1) is 11.0. The molecule has 3 rings (SSSR count). The molecule has 2 aliphatic rings. The summed E-state index contributed by atoms with van der Waals surface area (Å²) in [5.41, 5.74) is -1.36. The van der Waals surface area contributed by atoms with Gasteiger partial charge in [0, 0.05) is 31.0 Å². The van der Waals surface area contributed by atoms with Crippen molar-refractivity contribution in [3.63, 3.8) is 0 Å². The van der Waals surface area contributed by atoms with Crippen LogP contribution in [0, 0.1) is 11.3 Å². The van der Waals surface area contributed by atoms with Gasteiger partial charge < -0.3 is 9.64 Å². The fraction of sp³-hybridized carbons (Fsp3) is 0.800. The zero-order chi connectivity index (χ0) is 16.5. The second kappa shape index (κ2) is 6.30. The lowest BCUT2D eigenvalue weighted by molar-refractivity contribution is -0.172. The summed E-state index contributed by atoms with van der Waals surface area (Å²) >= 11 is 1.17. The summed E-state index contributed by atoms with van der Waals surface area (Å²) in [6.45, 7) is 2.27. The molecule has 1 spiro atoms. The van der Waals surface area contributed by atoms with E-state index in [2.05, 4.69) is 9.36 Å². The number of carbonyl (C=O) groups excluding carboxylic acids is 1. The predicted molar refractivity (Wildman–Crippen MR) is 82.7 cm³/mol. The molecule has 1 aliphatic carbocycles. The van der Waals surface area contributed by atoms with Crippen LogP contribution in [0.3, 0.4) is 0 Å². The van der Waals surface area contributed by atoms with Crippen molar-refractivity contribution in [2.75, 3.05) is 24.6 Å². The molecule has 2 heterocycles. The summed E-state index contributed by atoms with van der Waals surface area (Å²) in [5, 5.41) is 0.594. The van der Waals surface area contributed by atoms with Gasteiger partial charge in [-0.1, -0.05) is 12.8 Å². The Morgan fingerprint density at radius 1 is 1.43 bits per heavy atom. The van der Waals surface area contributed by atoms with Crippen LogP contribution in [0.5, 0.6) is 0 Å². The van der Waals surface area contributed by atoms with Gasteiger partial charge in [0.05, 0.1) is 17.9 Å². The maximum absolute atomic E-state index is 15.0. The number of hydrogen-bond donors (Lipinski definition) is 0. The average Bonchev–Trinajstić information content (AvgIpc) is 3.11. The van der Waals surface area contributed by atoms with Crippen LogP contribution in [0.2, 0.25) is 0 Å². The standard InChI is InChI=1S/C15H21F2N3O2S/c1-2-22-12(21)11-8-20(13-18-10-19-23-13)9-14(11)6-4-3-5-7-15(14,16)17/h10-11H,2-9H2,1H3. The van der Waals surface area contributed by atoms with Crippen LogP contribution in [0.25, 0.3) is 0 Å².